The van der Waals surface area contributed by atoms with Crippen molar-refractivity contribution in [3.63, 3.8) is 0 Å². The van der Waals surface area contributed by atoms with E-state index in [4.69, 9.17) is 0 Å². The predicted octanol–water partition coefficient (Wildman–Crippen LogP) is 2.04. The third-order valence-corrected chi connectivity index (χ3v) is 2.03. The summed E-state index contributed by atoms with van der Waals surface area (Å²) >= 11 is 0. The van der Waals surface area contributed by atoms with Crippen LogP contribution < -0.4 is 5.32 Å². The van der Waals surface area contributed by atoms with Gasteiger partial charge in [-0.05, 0) is 5.56 Å². The quantitative estimate of drug-likeness (QED) is 0.781. The van der Waals surface area contributed by atoms with Gasteiger partial charge in [0.25, 0.3) is 0 Å². The van der Waals surface area contributed by atoms with E-state index in [9.17, 15) is 4.79 Å². The van der Waals surface area contributed by atoms with E-state index in [2.05, 4.69) is 15.5 Å². The lowest BCUT2D eigenvalue weighted by atomic mass is 10.1. The van der Waals surface area contributed by atoms with Gasteiger partial charge in [-0.2, -0.15) is 5.10 Å². The minimum Gasteiger partial charge on any atom is -0.311 e. The molecule has 1 amide bonds. The first-order valence-corrected chi connectivity index (χ1v) is 4.64. The molecule has 0 aliphatic heterocycles. The highest BCUT2D eigenvalue weighted by Gasteiger charge is 2.07. The monoisotopic (exact) mass is 201 g/mol. The van der Waals surface area contributed by atoms with Crippen molar-refractivity contribution in [3.05, 3.63) is 36.5 Å². The molecule has 0 unspecified atom stereocenters. The van der Waals surface area contributed by atoms with Gasteiger partial charge in [0.05, 0.1) is 6.20 Å². The molecule has 0 saturated heterocycles. The van der Waals surface area contributed by atoms with Crippen LogP contribution in [-0.4, -0.2) is 16.1 Å². The van der Waals surface area contributed by atoms with Crippen molar-refractivity contribution in [1.29, 1.82) is 0 Å². The number of carbonyl (C=O) groups is 1. The van der Waals surface area contributed by atoms with Crippen LogP contribution >= 0.6 is 0 Å². The molecule has 1 heterocycles. The maximum absolute atomic E-state index is 10.9. The molecule has 0 radical (unpaired) electrons. The van der Waals surface area contributed by atoms with Crippen molar-refractivity contribution in [3.8, 4) is 11.1 Å². The Hall–Kier alpha value is -2.10. The number of anilines is 1. The topological polar surface area (TPSA) is 57.8 Å². The smallest absolute Gasteiger partial charge is 0.222 e. The number of hydrogen-bond acceptors (Lipinski definition) is 2. The van der Waals surface area contributed by atoms with Crippen LogP contribution in [0.4, 0.5) is 5.82 Å². The lowest BCUT2D eigenvalue weighted by molar-refractivity contribution is -0.114. The molecule has 0 fully saturated rings. The maximum atomic E-state index is 10.9. The van der Waals surface area contributed by atoms with Gasteiger partial charge < -0.3 is 5.32 Å². The molecule has 1 aromatic heterocycles. The van der Waals surface area contributed by atoms with Gasteiger partial charge in [0.2, 0.25) is 5.91 Å². The Labute approximate surface area is 87.3 Å². The Morgan fingerprint density at radius 2 is 2.07 bits per heavy atom. The Morgan fingerprint density at radius 3 is 2.73 bits per heavy atom. The highest BCUT2D eigenvalue weighted by Crippen LogP contribution is 2.24. The number of nitrogens with one attached hydrogen (secondary N) is 2. The van der Waals surface area contributed by atoms with Gasteiger partial charge in [0.15, 0.2) is 0 Å². The Balaban J connectivity index is 2.37. The van der Waals surface area contributed by atoms with E-state index in [-0.39, 0.29) is 5.91 Å². The van der Waals surface area contributed by atoms with Crippen LogP contribution in [0.1, 0.15) is 6.92 Å². The molecular formula is C11H11N3O. The summed E-state index contributed by atoms with van der Waals surface area (Å²) in [5.74, 6) is 0.519. The normalized spacial score (nSPS) is 9.93. The first-order valence-electron chi connectivity index (χ1n) is 4.64. The number of aromatic nitrogens is 2. The average Bonchev–Trinajstić information content (AvgIpc) is 2.66. The predicted molar refractivity (Wildman–Crippen MR) is 58.3 cm³/mol. The fourth-order valence-corrected chi connectivity index (χ4v) is 1.39. The number of aromatic amines is 1. The van der Waals surface area contributed by atoms with Crippen LogP contribution in [0.15, 0.2) is 36.5 Å². The molecule has 4 nitrogen and oxygen atoms in total. The van der Waals surface area contributed by atoms with Crippen molar-refractivity contribution in [2.75, 3.05) is 5.32 Å². The summed E-state index contributed by atoms with van der Waals surface area (Å²) in [5, 5.41) is 9.36. The second-order valence-electron chi connectivity index (χ2n) is 3.21. The van der Waals surface area contributed by atoms with Crippen molar-refractivity contribution in [2.45, 2.75) is 6.92 Å². The van der Waals surface area contributed by atoms with Gasteiger partial charge in [0, 0.05) is 12.5 Å². The third kappa shape index (κ3) is 2.04. The Bertz CT molecular complexity index is 462. The van der Waals surface area contributed by atoms with Gasteiger partial charge in [-0.15, -0.1) is 0 Å². The molecule has 0 spiro atoms. The Morgan fingerprint density at radius 1 is 1.33 bits per heavy atom. The molecular weight excluding hydrogens is 190 g/mol. The van der Waals surface area contributed by atoms with Gasteiger partial charge in [-0.3, -0.25) is 9.89 Å². The van der Waals surface area contributed by atoms with Crippen LogP contribution in [0.25, 0.3) is 11.1 Å². The number of H-pyrrole nitrogens is 1. The molecule has 4 heteroatoms. The van der Waals surface area contributed by atoms with Gasteiger partial charge in [0.1, 0.15) is 5.82 Å². The van der Waals surface area contributed by atoms with Crippen LogP contribution in [0, 0.1) is 0 Å². The second-order valence-corrected chi connectivity index (χ2v) is 3.21. The molecule has 15 heavy (non-hydrogen) atoms. The van der Waals surface area contributed by atoms with Crippen LogP contribution in [0.2, 0.25) is 0 Å². The minimum atomic E-state index is -0.114. The summed E-state index contributed by atoms with van der Waals surface area (Å²) in [7, 11) is 0. The molecule has 2 aromatic rings. The van der Waals surface area contributed by atoms with Gasteiger partial charge in [-0.25, -0.2) is 0 Å². The standard InChI is InChI=1S/C11H11N3O/c1-8(15)13-11-10(7-12-14-11)9-5-3-2-4-6-9/h2-7H,1H3,(H2,12,13,14,15). The van der Waals surface area contributed by atoms with Crippen molar-refractivity contribution in [1.82, 2.24) is 10.2 Å². The fraction of sp³-hybridized carbons (Fsp3) is 0.0909. The maximum Gasteiger partial charge on any atom is 0.222 e. The molecule has 0 aliphatic carbocycles. The molecule has 0 aliphatic rings. The SMILES string of the molecule is CC(=O)Nc1[nH]ncc1-c1ccccc1. The van der Waals surface area contributed by atoms with Gasteiger partial charge in [-0.1, -0.05) is 30.3 Å². The number of benzene rings is 1. The molecule has 76 valence electrons. The summed E-state index contributed by atoms with van der Waals surface area (Å²) < 4.78 is 0. The molecule has 0 atom stereocenters. The van der Waals surface area contributed by atoms with E-state index in [1.165, 1.54) is 6.92 Å². The number of nitrogens with zero attached hydrogens (tertiary/aromatic N) is 1. The number of carbonyl (C=O) groups excluding carboxylic acids is 1. The largest absolute Gasteiger partial charge is 0.311 e. The fourth-order valence-electron chi connectivity index (χ4n) is 1.39. The zero-order chi connectivity index (χ0) is 10.7. The molecule has 2 rings (SSSR count). The van der Waals surface area contributed by atoms with Crippen LogP contribution in [0.3, 0.4) is 0 Å². The van der Waals surface area contributed by atoms with E-state index in [1.807, 2.05) is 30.3 Å². The van der Waals surface area contributed by atoms with Gasteiger partial charge >= 0.3 is 0 Å². The summed E-state index contributed by atoms with van der Waals surface area (Å²) in [5.41, 5.74) is 1.92. The highest BCUT2D eigenvalue weighted by molar-refractivity contribution is 5.92. The molecule has 0 saturated carbocycles. The first-order chi connectivity index (χ1) is 7.27. The van der Waals surface area contributed by atoms with E-state index >= 15 is 0 Å². The van der Waals surface area contributed by atoms with Crippen molar-refractivity contribution >= 4 is 11.7 Å². The average molecular weight is 201 g/mol. The lowest BCUT2D eigenvalue weighted by Gasteiger charge is -2.02. The van der Waals surface area contributed by atoms with E-state index in [1.54, 1.807) is 6.20 Å². The van der Waals surface area contributed by atoms with Crippen molar-refractivity contribution < 1.29 is 4.79 Å². The van der Waals surface area contributed by atoms with Crippen LogP contribution in [-0.2, 0) is 4.79 Å². The third-order valence-electron chi connectivity index (χ3n) is 2.03. The zero-order valence-corrected chi connectivity index (χ0v) is 8.32. The summed E-state index contributed by atoms with van der Waals surface area (Å²) in [6.07, 6.45) is 1.70. The highest BCUT2D eigenvalue weighted by atomic mass is 16.1. The van der Waals surface area contributed by atoms with Crippen molar-refractivity contribution in [2.24, 2.45) is 0 Å². The Kier molecular flexibility index (Phi) is 2.49. The second kappa shape index (κ2) is 3.96. The van der Waals surface area contributed by atoms with E-state index in [0.717, 1.165) is 11.1 Å². The number of amides is 1. The summed E-state index contributed by atoms with van der Waals surface area (Å²) in [6.45, 7) is 1.47. The van der Waals surface area contributed by atoms with E-state index in [0.29, 0.717) is 5.82 Å². The minimum absolute atomic E-state index is 0.114. The number of rotatable bonds is 2. The molecule has 2 N–H and O–H groups in total. The summed E-state index contributed by atoms with van der Waals surface area (Å²) in [6, 6.07) is 9.77. The van der Waals surface area contributed by atoms with Crippen LogP contribution in [0.5, 0.6) is 0 Å². The lowest BCUT2D eigenvalue weighted by Crippen LogP contribution is -2.06. The molecule has 0 bridgehead atoms. The zero-order valence-electron chi connectivity index (χ0n) is 8.32. The number of hydrogen-bond donors (Lipinski definition) is 2. The van der Waals surface area contributed by atoms with E-state index < -0.39 is 0 Å². The first kappa shape index (κ1) is 9.45. The summed E-state index contributed by atoms with van der Waals surface area (Å²) in [4.78, 5) is 10.9. The molecule has 1 aromatic carbocycles.